The van der Waals surface area contributed by atoms with Gasteiger partial charge in [-0.3, -0.25) is 9.59 Å². The standard InChI is InChI=1S/C24H24FN3O2/c1-16-7-12-22(17(2)13-16)28-23(29)15-26-20-10-8-18(9-11-20)24(30)27-14-19-5-3-4-6-21(19)25/h3-13,26H,14-15H2,1-2H3,(H,27,30)(H,28,29). The molecule has 3 rings (SSSR count). The first-order valence-electron chi connectivity index (χ1n) is 9.65. The molecule has 0 aromatic heterocycles. The Morgan fingerprint density at radius 1 is 0.933 bits per heavy atom. The van der Waals surface area contributed by atoms with Crippen molar-refractivity contribution in [3.8, 4) is 0 Å². The number of carbonyl (C=O) groups is 2. The van der Waals surface area contributed by atoms with Crippen LogP contribution in [0.3, 0.4) is 0 Å². The third kappa shape index (κ3) is 5.67. The van der Waals surface area contributed by atoms with Crippen molar-refractivity contribution in [3.63, 3.8) is 0 Å². The molecule has 2 amide bonds. The van der Waals surface area contributed by atoms with E-state index in [0.717, 1.165) is 22.5 Å². The second kappa shape index (κ2) is 9.69. The average Bonchev–Trinajstić information content (AvgIpc) is 2.74. The van der Waals surface area contributed by atoms with Gasteiger partial charge in [0, 0.05) is 29.0 Å². The van der Waals surface area contributed by atoms with E-state index in [9.17, 15) is 14.0 Å². The summed E-state index contributed by atoms with van der Waals surface area (Å²) in [6, 6.07) is 18.9. The zero-order chi connectivity index (χ0) is 21.5. The van der Waals surface area contributed by atoms with Crippen molar-refractivity contribution in [3.05, 3.63) is 94.8 Å². The van der Waals surface area contributed by atoms with E-state index in [-0.39, 0.29) is 30.7 Å². The first-order valence-corrected chi connectivity index (χ1v) is 9.65. The van der Waals surface area contributed by atoms with Crippen molar-refractivity contribution in [1.82, 2.24) is 5.32 Å². The van der Waals surface area contributed by atoms with Crippen LogP contribution in [0.5, 0.6) is 0 Å². The first kappa shape index (κ1) is 21.0. The third-order valence-corrected chi connectivity index (χ3v) is 4.65. The van der Waals surface area contributed by atoms with Crippen LogP contribution < -0.4 is 16.0 Å². The highest BCUT2D eigenvalue weighted by atomic mass is 19.1. The van der Waals surface area contributed by atoms with Crippen LogP contribution in [-0.2, 0) is 11.3 Å². The Morgan fingerprint density at radius 3 is 2.37 bits per heavy atom. The molecule has 0 fully saturated rings. The number of hydrogen-bond acceptors (Lipinski definition) is 3. The topological polar surface area (TPSA) is 70.2 Å². The highest BCUT2D eigenvalue weighted by molar-refractivity contribution is 5.95. The Morgan fingerprint density at radius 2 is 1.67 bits per heavy atom. The summed E-state index contributed by atoms with van der Waals surface area (Å²) < 4.78 is 13.6. The number of amides is 2. The van der Waals surface area contributed by atoms with E-state index in [4.69, 9.17) is 0 Å². The molecule has 0 heterocycles. The number of halogens is 1. The Balaban J connectivity index is 1.49. The van der Waals surface area contributed by atoms with Crippen molar-refractivity contribution < 1.29 is 14.0 Å². The molecule has 0 radical (unpaired) electrons. The summed E-state index contributed by atoms with van der Waals surface area (Å²) in [5.41, 5.74) is 4.54. The van der Waals surface area contributed by atoms with Gasteiger partial charge in [-0.1, -0.05) is 35.9 Å². The molecular weight excluding hydrogens is 381 g/mol. The lowest BCUT2D eigenvalue weighted by molar-refractivity contribution is -0.114. The van der Waals surface area contributed by atoms with Crippen molar-refractivity contribution in [1.29, 1.82) is 0 Å². The fourth-order valence-electron chi connectivity index (χ4n) is 2.99. The van der Waals surface area contributed by atoms with Crippen molar-refractivity contribution >= 4 is 23.2 Å². The second-order valence-corrected chi connectivity index (χ2v) is 7.07. The molecule has 0 unspecified atom stereocenters. The van der Waals surface area contributed by atoms with Crippen molar-refractivity contribution in [2.45, 2.75) is 20.4 Å². The van der Waals surface area contributed by atoms with Gasteiger partial charge < -0.3 is 16.0 Å². The predicted octanol–water partition coefficient (Wildman–Crippen LogP) is 4.42. The number of benzene rings is 3. The van der Waals surface area contributed by atoms with Gasteiger partial charge in [0.1, 0.15) is 5.82 Å². The summed E-state index contributed by atoms with van der Waals surface area (Å²) in [4.78, 5) is 24.4. The smallest absolute Gasteiger partial charge is 0.251 e. The molecule has 3 aromatic carbocycles. The van der Waals surface area contributed by atoms with Crippen LogP contribution in [0.15, 0.2) is 66.7 Å². The number of aryl methyl sites for hydroxylation is 2. The van der Waals surface area contributed by atoms with Crippen LogP contribution >= 0.6 is 0 Å². The summed E-state index contributed by atoms with van der Waals surface area (Å²) >= 11 is 0. The van der Waals surface area contributed by atoms with Gasteiger partial charge in [-0.05, 0) is 55.8 Å². The Bertz CT molecular complexity index is 1050. The van der Waals surface area contributed by atoms with Gasteiger partial charge in [-0.2, -0.15) is 0 Å². The van der Waals surface area contributed by atoms with Crippen LogP contribution in [0.2, 0.25) is 0 Å². The fraction of sp³-hybridized carbons (Fsp3) is 0.167. The largest absolute Gasteiger partial charge is 0.376 e. The number of hydrogen-bond donors (Lipinski definition) is 3. The molecule has 3 aromatic rings. The Hall–Kier alpha value is -3.67. The van der Waals surface area contributed by atoms with Crippen LogP contribution in [-0.4, -0.2) is 18.4 Å². The fourth-order valence-corrected chi connectivity index (χ4v) is 2.99. The lowest BCUT2D eigenvalue weighted by Gasteiger charge is -2.11. The van der Waals surface area contributed by atoms with Gasteiger partial charge in [0.25, 0.3) is 5.91 Å². The molecule has 0 spiro atoms. The van der Waals surface area contributed by atoms with E-state index in [1.54, 1.807) is 42.5 Å². The number of nitrogens with one attached hydrogen (secondary N) is 3. The molecular formula is C24H24FN3O2. The minimum absolute atomic E-state index is 0.103. The zero-order valence-corrected chi connectivity index (χ0v) is 17.0. The Labute approximate surface area is 175 Å². The van der Waals surface area contributed by atoms with Gasteiger partial charge in [-0.15, -0.1) is 0 Å². The molecule has 0 bridgehead atoms. The van der Waals surface area contributed by atoms with E-state index in [1.807, 2.05) is 32.0 Å². The summed E-state index contributed by atoms with van der Waals surface area (Å²) in [6.07, 6.45) is 0. The summed E-state index contributed by atoms with van der Waals surface area (Å²) in [5.74, 6) is -0.803. The molecule has 0 atom stereocenters. The van der Waals surface area contributed by atoms with E-state index in [0.29, 0.717) is 11.1 Å². The molecule has 0 aliphatic heterocycles. The van der Waals surface area contributed by atoms with Crippen LogP contribution in [0.4, 0.5) is 15.8 Å². The monoisotopic (exact) mass is 405 g/mol. The summed E-state index contributed by atoms with van der Waals surface area (Å²) in [5, 5.41) is 8.61. The van der Waals surface area contributed by atoms with Gasteiger partial charge in [-0.25, -0.2) is 4.39 Å². The van der Waals surface area contributed by atoms with Crippen molar-refractivity contribution in [2.75, 3.05) is 17.2 Å². The minimum atomic E-state index is -0.351. The molecule has 6 heteroatoms. The number of carbonyl (C=O) groups excluding carboxylic acids is 2. The molecule has 0 aliphatic carbocycles. The van der Waals surface area contributed by atoms with E-state index < -0.39 is 0 Å². The molecule has 154 valence electrons. The molecule has 30 heavy (non-hydrogen) atoms. The highest BCUT2D eigenvalue weighted by Crippen LogP contribution is 2.16. The van der Waals surface area contributed by atoms with E-state index in [2.05, 4.69) is 16.0 Å². The van der Waals surface area contributed by atoms with Gasteiger partial charge in [0.15, 0.2) is 0 Å². The Kier molecular flexibility index (Phi) is 6.80. The number of anilines is 2. The van der Waals surface area contributed by atoms with Gasteiger partial charge in [0.05, 0.1) is 6.54 Å². The quantitative estimate of drug-likeness (QED) is 0.545. The lowest BCUT2D eigenvalue weighted by atomic mass is 10.1. The van der Waals surface area contributed by atoms with Crippen molar-refractivity contribution in [2.24, 2.45) is 0 Å². The maximum absolute atomic E-state index is 13.6. The average molecular weight is 405 g/mol. The van der Waals surface area contributed by atoms with E-state index >= 15 is 0 Å². The highest BCUT2D eigenvalue weighted by Gasteiger charge is 2.08. The minimum Gasteiger partial charge on any atom is -0.376 e. The zero-order valence-electron chi connectivity index (χ0n) is 17.0. The maximum Gasteiger partial charge on any atom is 0.251 e. The summed E-state index contributed by atoms with van der Waals surface area (Å²) in [6.45, 7) is 4.17. The third-order valence-electron chi connectivity index (χ3n) is 4.65. The second-order valence-electron chi connectivity index (χ2n) is 7.07. The van der Waals surface area contributed by atoms with E-state index in [1.165, 1.54) is 6.07 Å². The predicted molar refractivity (Wildman–Crippen MR) is 117 cm³/mol. The summed E-state index contributed by atoms with van der Waals surface area (Å²) in [7, 11) is 0. The normalized spacial score (nSPS) is 10.4. The van der Waals surface area contributed by atoms with Crippen LogP contribution in [0.25, 0.3) is 0 Å². The number of rotatable bonds is 7. The molecule has 0 saturated heterocycles. The lowest BCUT2D eigenvalue weighted by Crippen LogP contribution is -2.23. The SMILES string of the molecule is Cc1ccc(NC(=O)CNc2ccc(C(=O)NCc3ccccc3F)cc2)c(C)c1. The first-order chi connectivity index (χ1) is 14.4. The van der Waals surface area contributed by atoms with Gasteiger partial charge >= 0.3 is 0 Å². The molecule has 0 aliphatic rings. The molecule has 3 N–H and O–H groups in total. The molecule has 0 saturated carbocycles. The maximum atomic E-state index is 13.6. The molecule has 5 nitrogen and oxygen atoms in total. The van der Waals surface area contributed by atoms with Gasteiger partial charge in [0.2, 0.25) is 5.91 Å². The van der Waals surface area contributed by atoms with Crippen LogP contribution in [0, 0.1) is 19.7 Å². The van der Waals surface area contributed by atoms with Crippen LogP contribution in [0.1, 0.15) is 27.0 Å².